The van der Waals surface area contributed by atoms with Crippen LogP contribution in [0.1, 0.15) is 51.0 Å². The number of carbonyl (C=O) groups is 2. The number of rotatable bonds is 5. The summed E-state index contributed by atoms with van der Waals surface area (Å²) in [6, 6.07) is 5.51. The van der Waals surface area contributed by atoms with Gasteiger partial charge >= 0.3 is 0 Å². The Morgan fingerprint density at radius 3 is 2.42 bits per heavy atom. The van der Waals surface area contributed by atoms with Crippen molar-refractivity contribution in [3.8, 4) is 0 Å². The molecule has 6 heteroatoms. The highest BCUT2D eigenvalue weighted by Crippen LogP contribution is 2.38. The molecule has 5 nitrogen and oxygen atoms in total. The van der Waals surface area contributed by atoms with E-state index in [0.29, 0.717) is 18.7 Å². The van der Waals surface area contributed by atoms with Crippen LogP contribution in [-0.4, -0.2) is 18.4 Å². The lowest BCUT2D eigenvalue weighted by Gasteiger charge is -2.35. The Morgan fingerprint density at radius 1 is 1.17 bits per heavy atom. The molecule has 0 heterocycles. The molecule has 134 valence electrons. The Bertz CT molecular complexity index is 584. The molecular formula is C18H28ClN3O2. The van der Waals surface area contributed by atoms with Crippen molar-refractivity contribution in [3.63, 3.8) is 0 Å². The van der Waals surface area contributed by atoms with E-state index >= 15 is 0 Å². The van der Waals surface area contributed by atoms with Crippen molar-refractivity contribution >= 4 is 35.6 Å². The first-order valence-electron chi connectivity index (χ1n) is 8.32. The lowest BCUT2D eigenvalue weighted by molar-refractivity contribution is -0.119. The van der Waals surface area contributed by atoms with E-state index in [1.807, 2.05) is 19.1 Å². The van der Waals surface area contributed by atoms with Gasteiger partial charge in [0.25, 0.3) is 0 Å². The molecule has 2 amide bonds. The first-order valence-corrected chi connectivity index (χ1v) is 8.32. The van der Waals surface area contributed by atoms with Gasteiger partial charge in [-0.1, -0.05) is 25.3 Å². The zero-order valence-electron chi connectivity index (χ0n) is 14.5. The maximum absolute atomic E-state index is 12.5. The quantitative estimate of drug-likeness (QED) is 0.755. The van der Waals surface area contributed by atoms with Gasteiger partial charge in [-0.05, 0) is 49.4 Å². The summed E-state index contributed by atoms with van der Waals surface area (Å²) in [6.07, 6.45) is 6.07. The third kappa shape index (κ3) is 5.49. The van der Waals surface area contributed by atoms with E-state index in [0.717, 1.165) is 36.9 Å². The molecule has 0 bridgehead atoms. The molecule has 0 radical (unpaired) electrons. The zero-order valence-corrected chi connectivity index (χ0v) is 15.3. The second kappa shape index (κ2) is 9.04. The molecule has 1 aliphatic carbocycles. The Morgan fingerprint density at radius 2 is 1.83 bits per heavy atom. The number of hydrogen-bond acceptors (Lipinski definition) is 3. The van der Waals surface area contributed by atoms with E-state index in [1.54, 1.807) is 6.07 Å². The lowest BCUT2D eigenvalue weighted by atomic mass is 9.71. The number of nitrogens with two attached hydrogens (primary N) is 1. The van der Waals surface area contributed by atoms with Crippen molar-refractivity contribution in [2.45, 2.75) is 52.4 Å². The number of hydrogen-bond donors (Lipinski definition) is 3. The molecule has 0 unspecified atom stereocenters. The minimum atomic E-state index is -0.129. The van der Waals surface area contributed by atoms with Gasteiger partial charge in [0, 0.05) is 24.7 Å². The second-order valence-corrected chi connectivity index (χ2v) is 6.70. The van der Waals surface area contributed by atoms with Crippen LogP contribution in [0, 0.1) is 12.3 Å². The van der Waals surface area contributed by atoms with Crippen molar-refractivity contribution in [2.24, 2.45) is 11.1 Å². The van der Waals surface area contributed by atoms with Gasteiger partial charge < -0.3 is 16.4 Å². The average molecular weight is 354 g/mol. The maximum Gasteiger partial charge on any atom is 0.224 e. The molecule has 1 saturated carbocycles. The van der Waals surface area contributed by atoms with E-state index in [2.05, 4.69) is 10.6 Å². The first-order chi connectivity index (χ1) is 10.9. The SMILES string of the molecule is CC(=O)Nc1ccc(C)c(NC(=O)CC2(CN)CCCCC2)c1.Cl. The molecular weight excluding hydrogens is 326 g/mol. The first kappa shape index (κ1) is 20.5. The third-order valence-corrected chi connectivity index (χ3v) is 4.71. The molecule has 0 aromatic heterocycles. The summed E-state index contributed by atoms with van der Waals surface area (Å²) in [5.41, 5.74) is 8.31. The molecule has 1 aromatic rings. The van der Waals surface area contributed by atoms with Crippen molar-refractivity contribution < 1.29 is 9.59 Å². The Balaban J connectivity index is 0.00000288. The summed E-state index contributed by atoms with van der Waals surface area (Å²) < 4.78 is 0. The summed E-state index contributed by atoms with van der Waals surface area (Å²) in [5, 5.41) is 5.72. The lowest BCUT2D eigenvalue weighted by Crippen LogP contribution is -2.36. The van der Waals surface area contributed by atoms with Gasteiger partial charge in [0.15, 0.2) is 0 Å². The number of carbonyl (C=O) groups excluding carboxylic acids is 2. The number of halogens is 1. The number of anilines is 2. The highest BCUT2D eigenvalue weighted by molar-refractivity contribution is 5.94. The van der Waals surface area contributed by atoms with E-state index in [1.165, 1.54) is 13.3 Å². The third-order valence-electron chi connectivity index (χ3n) is 4.71. The van der Waals surface area contributed by atoms with Crippen LogP contribution in [0.4, 0.5) is 11.4 Å². The van der Waals surface area contributed by atoms with Gasteiger partial charge in [-0.25, -0.2) is 0 Å². The second-order valence-electron chi connectivity index (χ2n) is 6.70. The zero-order chi connectivity index (χ0) is 16.9. The summed E-state index contributed by atoms with van der Waals surface area (Å²) >= 11 is 0. The Labute approximate surface area is 150 Å². The Hall–Kier alpha value is -1.59. The predicted octanol–water partition coefficient (Wildman–Crippen LogP) is 3.61. The summed E-state index contributed by atoms with van der Waals surface area (Å²) in [7, 11) is 0. The fraction of sp³-hybridized carbons (Fsp3) is 0.556. The minimum absolute atomic E-state index is 0. The fourth-order valence-electron chi connectivity index (χ4n) is 3.33. The monoisotopic (exact) mass is 353 g/mol. The molecule has 2 rings (SSSR count). The largest absolute Gasteiger partial charge is 0.330 e. The van der Waals surface area contributed by atoms with Crippen LogP contribution in [0.5, 0.6) is 0 Å². The van der Waals surface area contributed by atoms with Gasteiger partial charge in [-0.3, -0.25) is 9.59 Å². The maximum atomic E-state index is 12.5. The molecule has 4 N–H and O–H groups in total. The highest BCUT2D eigenvalue weighted by Gasteiger charge is 2.33. The molecule has 0 saturated heterocycles. The van der Waals surface area contributed by atoms with Crippen molar-refractivity contribution in [1.82, 2.24) is 0 Å². The van der Waals surface area contributed by atoms with Crippen LogP contribution < -0.4 is 16.4 Å². The predicted molar refractivity (Wildman–Crippen MR) is 101 cm³/mol. The topological polar surface area (TPSA) is 84.2 Å². The molecule has 0 spiro atoms. The van der Waals surface area contributed by atoms with Crippen LogP contribution >= 0.6 is 12.4 Å². The molecule has 1 fully saturated rings. The standard InChI is InChI=1S/C18H27N3O2.ClH/c1-13-6-7-15(20-14(2)22)10-16(13)21-17(23)11-18(12-19)8-4-3-5-9-18;/h6-7,10H,3-5,8-9,11-12,19H2,1-2H3,(H,20,22)(H,21,23);1H. The average Bonchev–Trinajstić information content (AvgIpc) is 2.51. The van der Waals surface area contributed by atoms with Crippen molar-refractivity contribution in [3.05, 3.63) is 23.8 Å². The van der Waals surface area contributed by atoms with Crippen LogP contribution in [0.2, 0.25) is 0 Å². The van der Waals surface area contributed by atoms with Gasteiger partial charge in [-0.2, -0.15) is 0 Å². The van der Waals surface area contributed by atoms with Crippen molar-refractivity contribution in [1.29, 1.82) is 0 Å². The van der Waals surface area contributed by atoms with Crippen LogP contribution in [-0.2, 0) is 9.59 Å². The molecule has 0 atom stereocenters. The molecule has 0 aliphatic heterocycles. The van der Waals surface area contributed by atoms with E-state index in [9.17, 15) is 9.59 Å². The molecule has 1 aliphatic rings. The molecule has 24 heavy (non-hydrogen) atoms. The number of nitrogens with one attached hydrogen (secondary N) is 2. The van der Waals surface area contributed by atoms with Crippen LogP contribution in [0.25, 0.3) is 0 Å². The highest BCUT2D eigenvalue weighted by atomic mass is 35.5. The minimum Gasteiger partial charge on any atom is -0.330 e. The van der Waals surface area contributed by atoms with Gasteiger partial charge in [0.05, 0.1) is 0 Å². The van der Waals surface area contributed by atoms with E-state index in [-0.39, 0.29) is 29.6 Å². The number of benzene rings is 1. The summed E-state index contributed by atoms with van der Waals surface area (Å²) in [4.78, 5) is 23.6. The van der Waals surface area contributed by atoms with E-state index in [4.69, 9.17) is 5.73 Å². The Kier molecular flexibility index (Phi) is 7.70. The normalized spacial score (nSPS) is 16.0. The van der Waals surface area contributed by atoms with Crippen LogP contribution in [0.3, 0.4) is 0 Å². The summed E-state index contributed by atoms with van der Waals surface area (Å²) in [5.74, 6) is -0.129. The molecule has 1 aromatic carbocycles. The summed E-state index contributed by atoms with van der Waals surface area (Å²) in [6.45, 7) is 3.96. The van der Waals surface area contributed by atoms with Gasteiger partial charge in [0.2, 0.25) is 11.8 Å². The van der Waals surface area contributed by atoms with Crippen molar-refractivity contribution in [2.75, 3.05) is 17.2 Å². The smallest absolute Gasteiger partial charge is 0.224 e. The fourth-order valence-corrected chi connectivity index (χ4v) is 3.33. The van der Waals surface area contributed by atoms with Gasteiger partial charge in [-0.15, -0.1) is 12.4 Å². The van der Waals surface area contributed by atoms with Crippen LogP contribution in [0.15, 0.2) is 18.2 Å². The number of aryl methyl sites for hydroxylation is 1. The number of amides is 2. The van der Waals surface area contributed by atoms with Gasteiger partial charge in [0.1, 0.15) is 0 Å². The van der Waals surface area contributed by atoms with E-state index < -0.39 is 0 Å².